The molecule has 1 N–H and O–H groups in total. The molecule has 1 heterocycles. The maximum absolute atomic E-state index is 13.0. The highest BCUT2D eigenvalue weighted by Gasteiger charge is 2.10. The third-order valence-corrected chi connectivity index (χ3v) is 3.84. The molecule has 0 bridgehead atoms. The van der Waals surface area contributed by atoms with Gasteiger partial charge in [-0.3, -0.25) is 4.79 Å². The summed E-state index contributed by atoms with van der Waals surface area (Å²) in [6.45, 7) is 4.21. The Labute approximate surface area is 140 Å². The van der Waals surface area contributed by atoms with Gasteiger partial charge in [0.05, 0.1) is 6.54 Å². The largest absolute Gasteiger partial charge is 0.459 e. The highest BCUT2D eigenvalue weighted by Crippen LogP contribution is 2.22. The number of halogens is 1. The second-order valence-electron chi connectivity index (χ2n) is 5.77. The molecular formula is C20H18FNO2. The molecule has 0 aliphatic carbocycles. The normalized spacial score (nSPS) is 10.6. The van der Waals surface area contributed by atoms with E-state index in [1.165, 1.54) is 12.1 Å². The number of nitrogens with one attached hydrogen (secondary N) is 1. The van der Waals surface area contributed by atoms with E-state index in [0.29, 0.717) is 23.6 Å². The minimum Gasteiger partial charge on any atom is -0.459 e. The lowest BCUT2D eigenvalue weighted by atomic mass is 10.1. The van der Waals surface area contributed by atoms with Gasteiger partial charge in [-0.05, 0) is 61.9 Å². The molecule has 0 saturated carbocycles. The zero-order valence-corrected chi connectivity index (χ0v) is 13.6. The molecule has 1 aromatic heterocycles. The minimum atomic E-state index is -0.286. The molecule has 4 heteroatoms. The summed E-state index contributed by atoms with van der Waals surface area (Å²) in [7, 11) is 0. The molecule has 0 aliphatic rings. The van der Waals surface area contributed by atoms with Gasteiger partial charge < -0.3 is 9.73 Å². The Morgan fingerprint density at radius 3 is 2.50 bits per heavy atom. The van der Waals surface area contributed by atoms with Crippen LogP contribution in [0, 0.1) is 19.7 Å². The molecule has 3 nitrogen and oxygen atoms in total. The molecule has 2 aromatic carbocycles. The zero-order chi connectivity index (χ0) is 17.1. The van der Waals surface area contributed by atoms with E-state index in [9.17, 15) is 9.18 Å². The van der Waals surface area contributed by atoms with Crippen LogP contribution in [0.3, 0.4) is 0 Å². The monoisotopic (exact) mass is 323 g/mol. The number of furan rings is 1. The van der Waals surface area contributed by atoms with E-state index in [1.807, 2.05) is 38.1 Å². The van der Waals surface area contributed by atoms with Gasteiger partial charge in [-0.1, -0.05) is 17.7 Å². The molecule has 0 radical (unpaired) electrons. The molecule has 0 spiro atoms. The summed E-state index contributed by atoms with van der Waals surface area (Å²) < 4.78 is 18.7. The van der Waals surface area contributed by atoms with E-state index < -0.39 is 0 Å². The molecule has 122 valence electrons. The average Bonchev–Trinajstić information content (AvgIpc) is 3.02. The van der Waals surface area contributed by atoms with Gasteiger partial charge in [-0.25, -0.2) is 4.39 Å². The van der Waals surface area contributed by atoms with Crippen LogP contribution in [0.1, 0.15) is 27.2 Å². The first kappa shape index (κ1) is 16.0. The van der Waals surface area contributed by atoms with Gasteiger partial charge >= 0.3 is 0 Å². The van der Waals surface area contributed by atoms with Crippen molar-refractivity contribution in [1.29, 1.82) is 0 Å². The number of hydrogen-bond acceptors (Lipinski definition) is 2. The highest BCUT2D eigenvalue weighted by atomic mass is 19.1. The van der Waals surface area contributed by atoms with Crippen LogP contribution in [-0.4, -0.2) is 5.91 Å². The van der Waals surface area contributed by atoms with Crippen LogP contribution in [0.15, 0.2) is 59.0 Å². The molecule has 3 aromatic rings. The maximum Gasteiger partial charge on any atom is 0.251 e. The SMILES string of the molecule is Cc1ccc(C(=O)NCc2ccc(-c3ccc(F)cc3)o2)c(C)c1. The van der Waals surface area contributed by atoms with Crippen molar-refractivity contribution >= 4 is 5.91 Å². The Kier molecular flexibility index (Phi) is 4.47. The van der Waals surface area contributed by atoms with Crippen LogP contribution >= 0.6 is 0 Å². The fraction of sp³-hybridized carbons (Fsp3) is 0.150. The quantitative estimate of drug-likeness (QED) is 0.760. The Morgan fingerprint density at radius 2 is 1.79 bits per heavy atom. The molecule has 0 saturated heterocycles. The van der Waals surface area contributed by atoms with Crippen molar-refractivity contribution in [2.24, 2.45) is 0 Å². The number of benzene rings is 2. The predicted molar refractivity (Wildman–Crippen MR) is 91.2 cm³/mol. The van der Waals surface area contributed by atoms with E-state index in [-0.39, 0.29) is 11.7 Å². The van der Waals surface area contributed by atoms with Crippen molar-refractivity contribution in [3.05, 3.63) is 82.9 Å². The number of carbonyl (C=O) groups is 1. The average molecular weight is 323 g/mol. The topological polar surface area (TPSA) is 42.2 Å². The van der Waals surface area contributed by atoms with E-state index in [2.05, 4.69) is 5.32 Å². The van der Waals surface area contributed by atoms with Gasteiger partial charge in [0.2, 0.25) is 0 Å². The number of rotatable bonds is 4. The van der Waals surface area contributed by atoms with E-state index in [0.717, 1.165) is 16.7 Å². The fourth-order valence-corrected chi connectivity index (χ4v) is 2.57. The first-order valence-corrected chi connectivity index (χ1v) is 7.73. The Hall–Kier alpha value is -2.88. The van der Waals surface area contributed by atoms with Gasteiger partial charge in [0.25, 0.3) is 5.91 Å². The van der Waals surface area contributed by atoms with Crippen molar-refractivity contribution in [2.45, 2.75) is 20.4 Å². The van der Waals surface area contributed by atoms with Crippen LogP contribution in [0.25, 0.3) is 11.3 Å². The second-order valence-corrected chi connectivity index (χ2v) is 5.77. The van der Waals surface area contributed by atoms with Gasteiger partial charge in [0.1, 0.15) is 17.3 Å². The van der Waals surface area contributed by atoms with Crippen LogP contribution in [0.2, 0.25) is 0 Å². The van der Waals surface area contributed by atoms with Crippen LogP contribution in [0.4, 0.5) is 4.39 Å². The lowest BCUT2D eigenvalue weighted by Crippen LogP contribution is -2.23. The molecule has 0 fully saturated rings. The minimum absolute atomic E-state index is 0.132. The Morgan fingerprint density at radius 1 is 1.04 bits per heavy atom. The lowest BCUT2D eigenvalue weighted by Gasteiger charge is -2.07. The summed E-state index contributed by atoms with van der Waals surface area (Å²) in [5.41, 5.74) is 3.52. The van der Waals surface area contributed by atoms with Crippen molar-refractivity contribution in [2.75, 3.05) is 0 Å². The summed E-state index contributed by atoms with van der Waals surface area (Å²) in [5, 5.41) is 2.86. The van der Waals surface area contributed by atoms with Crippen LogP contribution in [0.5, 0.6) is 0 Å². The molecule has 0 unspecified atom stereocenters. The van der Waals surface area contributed by atoms with Gasteiger partial charge in [0.15, 0.2) is 0 Å². The number of carbonyl (C=O) groups excluding carboxylic acids is 1. The summed E-state index contributed by atoms with van der Waals surface area (Å²) in [6, 6.07) is 15.4. The first-order valence-electron chi connectivity index (χ1n) is 7.73. The van der Waals surface area contributed by atoms with Gasteiger partial charge in [-0.15, -0.1) is 0 Å². The van der Waals surface area contributed by atoms with Crippen LogP contribution < -0.4 is 5.32 Å². The summed E-state index contributed by atoms with van der Waals surface area (Å²) in [6.07, 6.45) is 0. The van der Waals surface area contributed by atoms with E-state index in [1.54, 1.807) is 18.2 Å². The maximum atomic E-state index is 13.0. The lowest BCUT2D eigenvalue weighted by molar-refractivity contribution is 0.0947. The molecule has 0 aliphatic heterocycles. The summed E-state index contributed by atoms with van der Waals surface area (Å²) >= 11 is 0. The molecule has 1 amide bonds. The van der Waals surface area contributed by atoms with Gasteiger partial charge in [0, 0.05) is 11.1 Å². The Balaban J connectivity index is 1.67. The number of aryl methyl sites for hydroxylation is 2. The third kappa shape index (κ3) is 3.54. The van der Waals surface area contributed by atoms with E-state index >= 15 is 0 Å². The predicted octanol–water partition coefficient (Wildman–Crippen LogP) is 4.63. The van der Waals surface area contributed by atoms with Crippen molar-refractivity contribution < 1.29 is 13.6 Å². The standard InChI is InChI=1S/C20H18FNO2/c1-13-3-9-18(14(2)11-13)20(23)22-12-17-8-10-19(24-17)15-4-6-16(21)7-5-15/h3-11H,12H2,1-2H3,(H,22,23). The first-order chi connectivity index (χ1) is 11.5. The molecule has 24 heavy (non-hydrogen) atoms. The summed E-state index contributed by atoms with van der Waals surface area (Å²) in [4.78, 5) is 12.3. The smallest absolute Gasteiger partial charge is 0.251 e. The number of amides is 1. The third-order valence-electron chi connectivity index (χ3n) is 3.84. The zero-order valence-electron chi connectivity index (χ0n) is 13.6. The van der Waals surface area contributed by atoms with Crippen molar-refractivity contribution in [1.82, 2.24) is 5.32 Å². The summed E-state index contributed by atoms with van der Waals surface area (Å²) in [5.74, 6) is 0.872. The van der Waals surface area contributed by atoms with Crippen molar-refractivity contribution in [3.63, 3.8) is 0 Å². The fourth-order valence-electron chi connectivity index (χ4n) is 2.57. The second kappa shape index (κ2) is 6.71. The highest BCUT2D eigenvalue weighted by molar-refractivity contribution is 5.95. The van der Waals surface area contributed by atoms with Crippen LogP contribution in [-0.2, 0) is 6.54 Å². The van der Waals surface area contributed by atoms with E-state index in [4.69, 9.17) is 4.42 Å². The molecular weight excluding hydrogens is 305 g/mol. The molecule has 0 atom stereocenters. The van der Waals surface area contributed by atoms with Crippen molar-refractivity contribution in [3.8, 4) is 11.3 Å². The Bertz CT molecular complexity index is 866. The van der Waals surface area contributed by atoms with Gasteiger partial charge in [-0.2, -0.15) is 0 Å². The number of hydrogen-bond donors (Lipinski definition) is 1. The molecule has 3 rings (SSSR count).